The number of carbonyl (C=O) groups excluding carboxylic acids is 1. The average Bonchev–Trinajstić information content (AvgIpc) is 2.61. The number of carboxylic acid groups (broad SMARTS) is 1. The van der Waals surface area contributed by atoms with Gasteiger partial charge in [-0.05, 0) is 48.8 Å². The van der Waals surface area contributed by atoms with Crippen molar-refractivity contribution in [1.82, 2.24) is 0 Å². The maximum atomic E-state index is 11.4. The average molecular weight is 356 g/mol. The molecule has 140 valence electrons. The summed E-state index contributed by atoms with van der Waals surface area (Å²) in [7, 11) is 0. The third-order valence-corrected chi connectivity index (χ3v) is 4.99. The minimum Gasteiger partial charge on any atom is -0.478 e. The molecular formula is C22H28O4. The van der Waals surface area contributed by atoms with Crippen molar-refractivity contribution < 1.29 is 19.4 Å². The van der Waals surface area contributed by atoms with E-state index in [0.29, 0.717) is 11.5 Å². The molecule has 0 spiro atoms. The normalized spacial score (nSPS) is 20.5. The van der Waals surface area contributed by atoms with E-state index in [9.17, 15) is 14.7 Å². The summed E-state index contributed by atoms with van der Waals surface area (Å²) in [6.45, 7) is 7.40. The molecule has 1 aromatic carbocycles. The highest BCUT2D eigenvalue weighted by Crippen LogP contribution is 2.35. The largest absolute Gasteiger partial charge is 0.478 e. The number of esters is 1. The summed E-state index contributed by atoms with van der Waals surface area (Å²) in [6.07, 6.45) is 6.81. The van der Waals surface area contributed by atoms with Crippen molar-refractivity contribution >= 4 is 18.0 Å². The van der Waals surface area contributed by atoms with Gasteiger partial charge in [-0.2, -0.15) is 0 Å². The molecule has 4 nitrogen and oxygen atoms in total. The molecule has 1 N–H and O–H groups in total. The molecule has 1 aliphatic carbocycles. The van der Waals surface area contributed by atoms with Crippen LogP contribution in [-0.4, -0.2) is 23.7 Å². The van der Waals surface area contributed by atoms with Crippen molar-refractivity contribution in [3.05, 3.63) is 53.1 Å². The van der Waals surface area contributed by atoms with Crippen LogP contribution in [0, 0.1) is 5.92 Å². The maximum Gasteiger partial charge on any atom is 0.333 e. The van der Waals surface area contributed by atoms with Gasteiger partial charge >= 0.3 is 11.9 Å². The number of rotatable bonds is 7. The smallest absolute Gasteiger partial charge is 0.333 e. The molecule has 1 fully saturated rings. The van der Waals surface area contributed by atoms with Gasteiger partial charge in [-0.25, -0.2) is 9.59 Å². The van der Waals surface area contributed by atoms with Gasteiger partial charge < -0.3 is 9.84 Å². The third kappa shape index (κ3) is 5.87. The van der Waals surface area contributed by atoms with Crippen LogP contribution in [0.2, 0.25) is 0 Å². The topological polar surface area (TPSA) is 63.6 Å². The van der Waals surface area contributed by atoms with E-state index in [2.05, 4.69) is 25.6 Å². The van der Waals surface area contributed by atoms with Crippen molar-refractivity contribution in [2.45, 2.75) is 51.9 Å². The zero-order valence-electron chi connectivity index (χ0n) is 15.7. The van der Waals surface area contributed by atoms with Crippen molar-refractivity contribution in [1.29, 1.82) is 0 Å². The highest BCUT2D eigenvalue weighted by atomic mass is 16.5. The quantitative estimate of drug-likeness (QED) is 0.554. The van der Waals surface area contributed by atoms with Gasteiger partial charge in [0.1, 0.15) is 0 Å². The molecule has 1 saturated carbocycles. The van der Waals surface area contributed by atoms with Crippen LogP contribution in [0.1, 0.15) is 63.0 Å². The van der Waals surface area contributed by atoms with Crippen molar-refractivity contribution in [2.75, 3.05) is 6.61 Å². The van der Waals surface area contributed by atoms with E-state index in [1.54, 1.807) is 13.0 Å². The van der Waals surface area contributed by atoms with Crippen LogP contribution in [-0.2, 0) is 14.3 Å². The van der Waals surface area contributed by atoms with Crippen molar-refractivity contribution in [3.63, 3.8) is 0 Å². The van der Waals surface area contributed by atoms with Crippen LogP contribution in [0.15, 0.2) is 42.0 Å². The Morgan fingerprint density at radius 1 is 1.19 bits per heavy atom. The SMILES string of the molecule is C=C(C)C(=O)OCCC(=Cc1ccc([C@H]2CC[C@H](C)CC2)cc1)C(=O)O. The van der Waals surface area contributed by atoms with E-state index < -0.39 is 11.9 Å². The Labute approximate surface area is 155 Å². The Bertz CT molecular complexity index is 677. The monoisotopic (exact) mass is 356 g/mol. The Kier molecular flexibility index (Phi) is 7.19. The van der Waals surface area contributed by atoms with Crippen LogP contribution in [0.3, 0.4) is 0 Å². The van der Waals surface area contributed by atoms with Crippen LogP contribution < -0.4 is 0 Å². The fourth-order valence-corrected chi connectivity index (χ4v) is 3.28. The zero-order valence-corrected chi connectivity index (χ0v) is 15.7. The molecule has 1 aliphatic rings. The molecule has 0 atom stereocenters. The second-order valence-corrected chi connectivity index (χ2v) is 7.26. The zero-order chi connectivity index (χ0) is 19.1. The first-order valence-electron chi connectivity index (χ1n) is 9.23. The first kappa shape index (κ1) is 20.0. The van der Waals surface area contributed by atoms with Crippen LogP contribution in [0.4, 0.5) is 0 Å². The number of benzene rings is 1. The summed E-state index contributed by atoms with van der Waals surface area (Å²) in [6, 6.07) is 8.15. The Morgan fingerprint density at radius 2 is 1.81 bits per heavy atom. The van der Waals surface area contributed by atoms with E-state index in [1.165, 1.54) is 31.2 Å². The van der Waals surface area contributed by atoms with E-state index >= 15 is 0 Å². The summed E-state index contributed by atoms with van der Waals surface area (Å²) < 4.78 is 4.99. The Morgan fingerprint density at radius 3 is 2.35 bits per heavy atom. The molecule has 0 radical (unpaired) electrons. The fourth-order valence-electron chi connectivity index (χ4n) is 3.28. The molecule has 0 unspecified atom stereocenters. The predicted octanol–water partition coefficient (Wildman–Crippen LogP) is 4.96. The molecule has 26 heavy (non-hydrogen) atoms. The molecule has 1 aromatic rings. The van der Waals surface area contributed by atoms with Gasteiger partial charge in [-0.1, -0.05) is 50.6 Å². The highest BCUT2D eigenvalue weighted by Gasteiger charge is 2.19. The van der Waals surface area contributed by atoms with E-state index in [-0.39, 0.29) is 18.6 Å². The van der Waals surface area contributed by atoms with Gasteiger partial charge in [0, 0.05) is 17.6 Å². The first-order chi connectivity index (χ1) is 12.4. The molecule has 0 aromatic heterocycles. The number of hydrogen-bond acceptors (Lipinski definition) is 3. The van der Waals surface area contributed by atoms with Gasteiger partial charge in [-0.3, -0.25) is 0 Å². The van der Waals surface area contributed by atoms with Gasteiger partial charge in [-0.15, -0.1) is 0 Å². The lowest BCUT2D eigenvalue weighted by atomic mass is 9.79. The van der Waals surface area contributed by atoms with Crippen molar-refractivity contribution in [3.8, 4) is 0 Å². The summed E-state index contributed by atoms with van der Waals surface area (Å²) in [5, 5.41) is 9.37. The molecule has 0 heterocycles. The molecular weight excluding hydrogens is 328 g/mol. The standard InChI is InChI=1S/C22H28O4/c1-15(2)22(25)26-13-12-20(21(23)24)14-17-6-10-19(11-7-17)18-8-4-16(3)5-9-18/h6-7,10-11,14,16,18H,1,4-5,8-9,12-13H2,2-3H3,(H,23,24)/t16-,18-. The Hall–Kier alpha value is -2.36. The lowest BCUT2D eigenvalue weighted by molar-refractivity contribution is -0.139. The van der Waals surface area contributed by atoms with E-state index in [0.717, 1.165) is 11.5 Å². The molecule has 4 heteroatoms. The number of carbonyl (C=O) groups is 2. The number of aliphatic carboxylic acids is 1. The summed E-state index contributed by atoms with van der Waals surface area (Å²) in [4.78, 5) is 22.8. The summed E-state index contributed by atoms with van der Waals surface area (Å²) >= 11 is 0. The minimum absolute atomic E-state index is 0.0299. The second kappa shape index (κ2) is 9.37. The third-order valence-electron chi connectivity index (χ3n) is 4.99. The van der Waals surface area contributed by atoms with Gasteiger partial charge in [0.05, 0.1) is 6.61 Å². The van der Waals surface area contributed by atoms with E-state index in [1.807, 2.05) is 12.1 Å². The van der Waals surface area contributed by atoms with E-state index in [4.69, 9.17) is 4.74 Å². The van der Waals surface area contributed by atoms with Crippen LogP contribution in [0.25, 0.3) is 6.08 Å². The van der Waals surface area contributed by atoms with Crippen LogP contribution in [0.5, 0.6) is 0 Å². The van der Waals surface area contributed by atoms with Crippen molar-refractivity contribution in [2.24, 2.45) is 5.92 Å². The summed E-state index contributed by atoms with van der Waals surface area (Å²) in [5.74, 6) is -0.0575. The Balaban J connectivity index is 1.99. The van der Waals surface area contributed by atoms with Gasteiger partial charge in [0.15, 0.2) is 0 Å². The lowest BCUT2D eigenvalue weighted by Crippen LogP contribution is -2.10. The number of carboxylic acids is 1. The number of hydrogen-bond donors (Lipinski definition) is 1. The molecule has 0 bridgehead atoms. The number of ether oxygens (including phenoxy) is 1. The van der Waals surface area contributed by atoms with Gasteiger partial charge in [0.25, 0.3) is 0 Å². The highest BCUT2D eigenvalue weighted by molar-refractivity contribution is 5.92. The second-order valence-electron chi connectivity index (χ2n) is 7.26. The molecule has 2 rings (SSSR count). The lowest BCUT2D eigenvalue weighted by Gasteiger charge is -2.26. The van der Waals surface area contributed by atoms with Crippen LogP contribution >= 0.6 is 0 Å². The first-order valence-corrected chi connectivity index (χ1v) is 9.23. The fraction of sp³-hybridized carbons (Fsp3) is 0.455. The maximum absolute atomic E-state index is 11.4. The molecule has 0 amide bonds. The molecule has 0 saturated heterocycles. The molecule has 0 aliphatic heterocycles. The van der Waals surface area contributed by atoms with Gasteiger partial charge in [0.2, 0.25) is 0 Å². The minimum atomic E-state index is -0.998. The predicted molar refractivity (Wildman–Crippen MR) is 103 cm³/mol. The summed E-state index contributed by atoms with van der Waals surface area (Å²) in [5.41, 5.74) is 2.71.